The second-order valence-corrected chi connectivity index (χ2v) is 5.55. The van der Waals surface area contributed by atoms with Gasteiger partial charge in [0.05, 0.1) is 23.8 Å². The Kier molecular flexibility index (Phi) is 3.19. The molecule has 9 heteroatoms. The van der Waals surface area contributed by atoms with Crippen LogP contribution in [0.25, 0.3) is 22.4 Å². The summed E-state index contributed by atoms with van der Waals surface area (Å²) in [6, 6.07) is 1.48. The second kappa shape index (κ2) is 5.15. The van der Waals surface area contributed by atoms with E-state index in [9.17, 15) is 13.2 Å². The molecule has 6 nitrogen and oxygen atoms in total. The number of nitrogens with one attached hydrogen (secondary N) is 1. The summed E-state index contributed by atoms with van der Waals surface area (Å²) in [7, 11) is 1.40. The zero-order valence-corrected chi connectivity index (χ0v) is 12.6. The highest BCUT2D eigenvalue weighted by molar-refractivity contribution is 5.81. The van der Waals surface area contributed by atoms with Crippen molar-refractivity contribution in [1.29, 1.82) is 0 Å². The lowest BCUT2D eigenvalue weighted by molar-refractivity contribution is -0.139. The van der Waals surface area contributed by atoms with Gasteiger partial charge >= 0.3 is 6.18 Å². The van der Waals surface area contributed by atoms with Gasteiger partial charge in [-0.05, 0) is 18.9 Å². The molecule has 1 aliphatic rings. The maximum absolute atomic E-state index is 13.4. The average Bonchev–Trinajstić information content (AvgIpc) is 3.29. The molecular weight excluding hydrogens is 323 g/mol. The first-order chi connectivity index (χ1) is 11.5. The Morgan fingerprint density at radius 3 is 2.67 bits per heavy atom. The molecule has 124 valence electrons. The van der Waals surface area contributed by atoms with Crippen molar-refractivity contribution in [2.75, 3.05) is 7.11 Å². The molecule has 3 heterocycles. The van der Waals surface area contributed by atoms with Crippen molar-refractivity contribution in [3.8, 4) is 17.3 Å². The number of hydrogen-bond acceptors (Lipinski definition) is 5. The maximum atomic E-state index is 13.4. The van der Waals surface area contributed by atoms with Gasteiger partial charge in [0.15, 0.2) is 11.5 Å². The lowest BCUT2D eigenvalue weighted by Crippen LogP contribution is -2.12. The number of ether oxygens (including phenoxy) is 1. The zero-order valence-electron chi connectivity index (χ0n) is 12.6. The monoisotopic (exact) mass is 335 g/mol. The molecule has 24 heavy (non-hydrogen) atoms. The first kappa shape index (κ1) is 14.9. The Bertz CT molecular complexity index is 917. The lowest BCUT2D eigenvalue weighted by Gasteiger charge is -2.13. The van der Waals surface area contributed by atoms with E-state index in [1.807, 2.05) is 0 Å². The van der Waals surface area contributed by atoms with Crippen molar-refractivity contribution in [1.82, 2.24) is 24.9 Å². The molecule has 1 N–H and O–H groups in total. The van der Waals surface area contributed by atoms with Crippen molar-refractivity contribution >= 4 is 11.0 Å². The van der Waals surface area contributed by atoms with E-state index >= 15 is 0 Å². The van der Waals surface area contributed by atoms with E-state index in [-0.39, 0.29) is 28.7 Å². The third-order valence-corrected chi connectivity index (χ3v) is 3.90. The van der Waals surface area contributed by atoms with E-state index in [0.717, 1.165) is 12.8 Å². The molecule has 1 fully saturated rings. The summed E-state index contributed by atoms with van der Waals surface area (Å²) in [4.78, 5) is 18.8. The van der Waals surface area contributed by atoms with E-state index in [2.05, 4.69) is 24.9 Å². The summed E-state index contributed by atoms with van der Waals surface area (Å²) >= 11 is 0. The number of alkyl halides is 3. The van der Waals surface area contributed by atoms with Gasteiger partial charge in [0, 0.05) is 12.1 Å². The Balaban J connectivity index is 2.01. The quantitative estimate of drug-likeness (QED) is 0.794. The van der Waals surface area contributed by atoms with Gasteiger partial charge in [0.2, 0.25) is 5.88 Å². The van der Waals surface area contributed by atoms with Crippen molar-refractivity contribution in [2.45, 2.75) is 24.9 Å². The highest BCUT2D eigenvalue weighted by Gasteiger charge is 2.38. The van der Waals surface area contributed by atoms with Crippen LogP contribution in [0, 0.1) is 0 Å². The second-order valence-electron chi connectivity index (χ2n) is 5.55. The minimum absolute atomic E-state index is 0.0752. The molecule has 0 spiro atoms. The SMILES string of the molecule is COc1ncnc(C2CC2)c1-c1nc(C(F)(F)F)c2[nH]ccc2n1. The van der Waals surface area contributed by atoms with Crippen LogP contribution in [0.3, 0.4) is 0 Å². The average molecular weight is 335 g/mol. The van der Waals surface area contributed by atoms with Gasteiger partial charge in [-0.2, -0.15) is 13.2 Å². The first-order valence-corrected chi connectivity index (χ1v) is 7.30. The molecule has 0 aromatic carbocycles. The van der Waals surface area contributed by atoms with Gasteiger partial charge in [-0.1, -0.05) is 0 Å². The van der Waals surface area contributed by atoms with Crippen LogP contribution in [-0.2, 0) is 6.18 Å². The highest BCUT2D eigenvalue weighted by atomic mass is 19.4. The summed E-state index contributed by atoms with van der Waals surface area (Å²) in [5, 5.41) is 0. The van der Waals surface area contributed by atoms with Gasteiger partial charge in [-0.25, -0.2) is 19.9 Å². The fraction of sp³-hybridized carbons (Fsp3) is 0.333. The number of rotatable bonds is 3. The molecular formula is C15H12F3N5O. The van der Waals surface area contributed by atoms with E-state index in [0.29, 0.717) is 11.3 Å². The highest BCUT2D eigenvalue weighted by Crippen LogP contribution is 2.45. The normalized spacial score (nSPS) is 15.0. The van der Waals surface area contributed by atoms with E-state index < -0.39 is 11.9 Å². The third kappa shape index (κ3) is 2.36. The molecule has 0 bridgehead atoms. The molecule has 0 saturated heterocycles. The van der Waals surface area contributed by atoms with Gasteiger partial charge in [0.1, 0.15) is 11.9 Å². The van der Waals surface area contributed by atoms with Crippen molar-refractivity contribution in [2.24, 2.45) is 0 Å². The fourth-order valence-electron chi connectivity index (χ4n) is 2.68. The van der Waals surface area contributed by atoms with Crippen LogP contribution in [-0.4, -0.2) is 32.0 Å². The standard InChI is InChI=1S/C15H12F3N5O/c1-24-14-9(10(7-2-3-7)20-6-21-14)13-22-8-4-5-19-11(8)12(23-13)15(16,17)18/h4-7,19H,2-3H2,1H3. The van der Waals surface area contributed by atoms with Crippen molar-refractivity contribution in [3.05, 3.63) is 30.0 Å². The smallest absolute Gasteiger partial charge is 0.435 e. The topological polar surface area (TPSA) is 76.6 Å². The molecule has 3 aromatic rings. The number of aromatic nitrogens is 5. The zero-order chi connectivity index (χ0) is 16.9. The van der Waals surface area contributed by atoms with Gasteiger partial charge < -0.3 is 9.72 Å². The van der Waals surface area contributed by atoms with Crippen LogP contribution in [0.15, 0.2) is 18.6 Å². The number of aromatic amines is 1. The molecule has 0 unspecified atom stereocenters. The lowest BCUT2D eigenvalue weighted by atomic mass is 10.1. The largest absolute Gasteiger partial charge is 0.480 e. The van der Waals surface area contributed by atoms with Crippen LogP contribution in [0.2, 0.25) is 0 Å². The van der Waals surface area contributed by atoms with Gasteiger partial charge in [0.25, 0.3) is 0 Å². The molecule has 3 aromatic heterocycles. The minimum Gasteiger partial charge on any atom is -0.480 e. The van der Waals surface area contributed by atoms with E-state index in [4.69, 9.17) is 4.74 Å². The summed E-state index contributed by atoms with van der Waals surface area (Å²) in [6.45, 7) is 0. The predicted molar refractivity (Wildman–Crippen MR) is 78.4 cm³/mol. The van der Waals surface area contributed by atoms with Crippen LogP contribution < -0.4 is 4.74 Å². The molecule has 4 rings (SSSR count). The van der Waals surface area contributed by atoms with Gasteiger partial charge in [-0.3, -0.25) is 0 Å². The molecule has 0 amide bonds. The Hall–Kier alpha value is -2.71. The van der Waals surface area contributed by atoms with Crippen LogP contribution in [0.5, 0.6) is 5.88 Å². The van der Waals surface area contributed by atoms with E-state index in [1.54, 1.807) is 0 Å². The molecule has 0 atom stereocenters. The third-order valence-electron chi connectivity index (χ3n) is 3.90. The number of nitrogens with zero attached hydrogens (tertiary/aromatic N) is 4. The summed E-state index contributed by atoms with van der Waals surface area (Å²) in [5.41, 5.74) is -0.0175. The Morgan fingerprint density at radius 1 is 1.21 bits per heavy atom. The van der Waals surface area contributed by atoms with Crippen molar-refractivity contribution in [3.63, 3.8) is 0 Å². The van der Waals surface area contributed by atoms with Crippen LogP contribution in [0.4, 0.5) is 13.2 Å². The van der Waals surface area contributed by atoms with Crippen LogP contribution >= 0.6 is 0 Å². The molecule has 1 aliphatic carbocycles. The van der Waals surface area contributed by atoms with Crippen LogP contribution in [0.1, 0.15) is 30.1 Å². The first-order valence-electron chi connectivity index (χ1n) is 7.30. The Morgan fingerprint density at radius 2 is 2.00 bits per heavy atom. The maximum Gasteiger partial charge on any atom is 0.435 e. The number of fused-ring (bicyclic) bond motifs is 1. The molecule has 1 saturated carbocycles. The summed E-state index contributed by atoms with van der Waals surface area (Å²) < 4.78 is 45.3. The number of hydrogen-bond donors (Lipinski definition) is 1. The number of methoxy groups -OCH3 is 1. The molecule has 0 aliphatic heterocycles. The van der Waals surface area contributed by atoms with Crippen molar-refractivity contribution < 1.29 is 17.9 Å². The Labute approximate surface area is 134 Å². The van der Waals surface area contributed by atoms with E-state index in [1.165, 1.54) is 25.7 Å². The summed E-state index contributed by atoms with van der Waals surface area (Å²) in [6.07, 6.45) is -0.0187. The number of H-pyrrole nitrogens is 1. The minimum atomic E-state index is -4.61. The molecule has 0 radical (unpaired) electrons. The predicted octanol–water partition coefficient (Wildman–Crippen LogP) is 3.32. The fourth-order valence-corrected chi connectivity index (χ4v) is 2.68. The summed E-state index contributed by atoms with van der Waals surface area (Å²) in [5.74, 6) is 0.278. The number of halogens is 3. The van der Waals surface area contributed by atoms with Gasteiger partial charge in [-0.15, -0.1) is 0 Å².